The Morgan fingerprint density at radius 1 is 0.341 bits per heavy atom. The lowest BCUT2D eigenvalue weighted by atomic mass is 9.79. The van der Waals surface area contributed by atoms with Gasteiger partial charge in [0.05, 0.1) is 0 Å². The van der Waals surface area contributed by atoms with Crippen LogP contribution < -0.4 is 0 Å². The van der Waals surface area contributed by atoms with E-state index >= 15 is 0 Å². The van der Waals surface area contributed by atoms with E-state index in [1.54, 1.807) is 0 Å². The molecule has 0 heterocycles. The Balaban J connectivity index is 1.75. The standard InChI is InChI=1S/C40H42O4/c1-21-13-25(5)37(41)31(17-21)35(32-18-22(2)14-26(6)38(32)42)29-9-11-30(12-10-29)36(33-19-23(3)15-27(7)39(33)43)34-20-24(4)16-28(8)40(34)44/h9-20,35-36,41-44H,1-8H3. The molecular formula is C40H42O4. The molecule has 0 spiro atoms. The quantitative estimate of drug-likeness (QED) is 0.149. The molecule has 5 aromatic rings. The molecule has 4 heteroatoms. The normalized spacial score (nSPS) is 11.5. The summed E-state index contributed by atoms with van der Waals surface area (Å²) in [5.74, 6) is -0.0152. The summed E-state index contributed by atoms with van der Waals surface area (Å²) in [6, 6.07) is 23.9. The van der Waals surface area contributed by atoms with E-state index < -0.39 is 11.8 Å². The van der Waals surface area contributed by atoms with Crippen molar-refractivity contribution in [1.29, 1.82) is 0 Å². The van der Waals surface area contributed by atoms with Gasteiger partial charge in [0.25, 0.3) is 0 Å². The SMILES string of the molecule is Cc1cc(C)c(O)c(C(c2ccc(C(c3cc(C)cc(C)c3O)c3cc(C)cc(C)c3O)cc2)c2cc(C)cc(C)c2O)c1. The summed E-state index contributed by atoms with van der Waals surface area (Å²) in [5.41, 5.74) is 11.9. The number of benzene rings is 5. The van der Waals surface area contributed by atoms with Crippen molar-refractivity contribution in [2.45, 2.75) is 67.2 Å². The summed E-state index contributed by atoms with van der Waals surface area (Å²) in [7, 11) is 0. The first-order chi connectivity index (χ1) is 20.8. The Morgan fingerprint density at radius 3 is 0.750 bits per heavy atom. The van der Waals surface area contributed by atoms with Crippen LogP contribution in [0.2, 0.25) is 0 Å². The molecule has 4 nitrogen and oxygen atoms in total. The lowest BCUT2D eigenvalue weighted by Crippen LogP contribution is -2.09. The van der Waals surface area contributed by atoms with E-state index in [4.69, 9.17) is 0 Å². The van der Waals surface area contributed by atoms with Crippen LogP contribution in [0.25, 0.3) is 0 Å². The van der Waals surface area contributed by atoms with Crippen LogP contribution in [0.4, 0.5) is 0 Å². The number of rotatable bonds is 6. The van der Waals surface area contributed by atoms with E-state index in [0.29, 0.717) is 0 Å². The molecule has 0 unspecified atom stereocenters. The van der Waals surface area contributed by atoms with Crippen molar-refractivity contribution in [3.8, 4) is 23.0 Å². The highest BCUT2D eigenvalue weighted by Gasteiger charge is 2.28. The second-order valence-electron chi connectivity index (χ2n) is 12.6. The predicted octanol–water partition coefficient (Wildman–Crippen LogP) is 9.34. The maximum Gasteiger partial charge on any atom is 0.122 e. The fourth-order valence-corrected chi connectivity index (χ4v) is 6.79. The van der Waals surface area contributed by atoms with Crippen molar-refractivity contribution >= 4 is 0 Å². The van der Waals surface area contributed by atoms with Gasteiger partial charge in [0.1, 0.15) is 23.0 Å². The molecule has 0 aromatic heterocycles. The third kappa shape index (κ3) is 5.65. The van der Waals surface area contributed by atoms with Crippen LogP contribution >= 0.6 is 0 Å². The van der Waals surface area contributed by atoms with E-state index in [0.717, 1.165) is 77.9 Å². The van der Waals surface area contributed by atoms with Gasteiger partial charge in [-0.15, -0.1) is 0 Å². The summed E-state index contributed by atoms with van der Waals surface area (Å²) < 4.78 is 0. The molecule has 0 aliphatic heterocycles. The summed E-state index contributed by atoms with van der Waals surface area (Å²) in [5, 5.41) is 45.3. The molecule has 0 saturated carbocycles. The number of hydrogen-bond donors (Lipinski definition) is 4. The Hall–Kier alpha value is -4.70. The summed E-state index contributed by atoms with van der Waals surface area (Å²) >= 11 is 0. The minimum absolute atomic E-state index is 0.210. The Kier molecular flexibility index (Phi) is 8.22. The zero-order valence-corrected chi connectivity index (χ0v) is 26.9. The van der Waals surface area contributed by atoms with E-state index in [1.807, 2.05) is 128 Å². The third-order valence-electron chi connectivity index (χ3n) is 8.74. The van der Waals surface area contributed by atoms with Gasteiger partial charge in [-0.2, -0.15) is 0 Å². The minimum atomic E-state index is -0.427. The van der Waals surface area contributed by atoms with Gasteiger partial charge < -0.3 is 20.4 Å². The number of aryl methyl sites for hydroxylation is 8. The van der Waals surface area contributed by atoms with Crippen LogP contribution in [0.5, 0.6) is 23.0 Å². The first kappa shape index (κ1) is 30.7. The first-order valence-electron chi connectivity index (χ1n) is 15.1. The Bertz CT molecular complexity index is 1630. The van der Waals surface area contributed by atoms with Gasteiger partial charge in [-0.1, -0.05) is 95.1 Å². The van der Waals surface area contributed by atoms with Crippen LogP contribution in [0.15, 0.2) is 72.8 Å². The van der Waals surface area contributed by atoms with Crippen molar-refractivity contribution in [3.05, 3.63) is 151 Å². The van der Waals surface area contributed by atoms with Crippen molar-refractivity contribution < 1.29 is 20.4 Å². The van der Waals surface area contributed by atoms with Gasteiger partial charge in [-0.05, 0) is 88.8 Å². The maximum absolute atomic E-state index is 11.3. The molecule has 0 aliphatic carbocycles. The molecule has 4 N–H and O–H groups in total. The fourth-order valence-electron chi connectivity index (χ4n) is 6.79. The molecule has 0 fully saturated rings. The molecule has 0 radical (unpaired) electrons. The molecule has 5 aromatic carbocycles. The van der Waals surface area contributed by atoms with Gasteiger partial charge in [0, 0.05) is 34.1 Å². The zero-order valence-electron chi connectivity index (χ0n) is 26.9. The molecule has 0 saturated heterocycles. The van der Waals surface area contributed by atoms with Crippen molar-refractivity contribution in [2.75, 3.05) is 0 Å². The van der Waals surface area contributed by atoms with Crippen molar-refractivity contribution in [3.63, 3.8) is 0 Å². The van der Waals surface area contributed by atoms with Crippen LogP contribution in [0.1, 0.15) is 89.7 Å². The monoisotopic (exact) mass is 586 g/mol. The highest BCUT2D eigenvalue weighted by molar-refractivity contribution is 5.60. The molecule has 0 bridgehead atoms. The highest BCUT2D eigenvalue weighted by atomic mass is 16.3. The average Bonchev–Trinajstić information content (AvgIpc) is 2.95. The Labute approximate surface area is 260 Å². The number of phenolic OH excluding ortho intramolecular Hbond substituents is 4. The van der Waals surface area contributed by atoms with Gasteiger partial charge >= 0.3 is 0 Å². The average molecular weight is 587 g/mol. The molecule has 0 aliphatic rings. The van der Waals surface area contributed by atoms with Crippen molar-refractivity contribution in [2.24, 2.45) is 0 Å². The molecule has 44 heavy (non-hydrogen) atoms. The predicted molar refractivity (Wildman–Crippen MR) is 179 cm³/mol. The van der Waals surface area contributed by atoms with Gasteiger partial charge in [-0.3, -0.25) is 0 Å². The largest absolute Gasteiger partial charge is 0.507 e. The van der Waals surface area contributed by atoms with Crippen LogP contribution in [0, 0.1) is 55.4 Å². The van der Waals surface area contributed by atoms with Crippen molar-refractivity contribution in [1.82, 2.24) is 0 Å². The number of hydrogen-bond acceptors (Lipinski definition) is 4. The van der Waals surface area contributed by atoms with Crippen LogP contribution in [-0.2, 0) is 0 Å². The minimum Gasteiger partial charge on any atom is -0.507 e. The van der Waals surface area contributed by atoms with Gasteiger partial charge in [0.15, 0.2) is 0 Å². The summed E-state index contributed by atoms with van der Waals surface area (Å²) in [6.07, 6.45) is 0. The number of phenols is 4. The fraction of sp³-hybridized carbons (Fsp3) is 0.250. The van der Waals surface area contributed by atoms with Gasteiger partial charge in [0.2, 0.25) is 0 Å². The number of aromatic hydroxyl groups is 4. The maximum atomic E-state index is 11.3. The van der Waals surface area contributed by atoms with Crippen LogP contribution in [0.3, 0.4) is 0 Å². The van der Waals surface area contributed by atoms with E-state index in [9.17, 15) is 20.4 Å². The molecule has 226 valence electrons. The van der Waals surface area contributed by atoms with E-state index in [-0.39, 0.29) is 23.0 Å². The first-order valence-corrected chi connectivity index (χ1v) is 15.1. The molecule has 5 rings (SSSR count). The second-order valence-corrected chi connectivity index (χ2v) is 12.6. The molecule has 0 amide bonds. The van der Waals surface area contributed by atoms with E-state index in [2.05, 4.69) is 0 Å². The lowest BCUT2D eigenvalue weighted by molar-refractivity contribution is 0.453. The third-order valence-corrected chi connectivity index (χ3v) is 8.74. The van der Waals surface area contributed by atoms with E-state index in [1.165, 1.54) is 0 Å². The topological polar surface area (TPSA) is 80.9 Å². The summed E-state index contributed by atoms with van der Waals surface area (Å²) in [4.78, 5) is 0. The molecular weight excluding hydrogens is 544 g/mol. The Morgan fingerprint density at radius 2 is 0.545 bits per heavy atom. The highest BCUT2D eigenvalue weighted by Crippen LogP contribution is 2.46. The van der Waals surface area contributed by atoms with Gasteiger partial charge in [-0.25, -0.2) is 0 Å². The second kappa shape index (κ2) is 11.8. The summed E-state index contributed by atoms with van der Waals surface area (Å²) in [6.45, 7) is 15.6. The zero-order chi connectivity index (χ0) is 32.0. The van der Waals surface area contributed by atoms with Crippen LogP contribution in [-0.4, -0.2) is 20.4 Å². The lowest BCUT2D eigenvalue weighted by Gasteiger charge is -2.26. The smallest absolute Gasteiger partial charge is 0.122 e. The molecule has 0 atom stereocenters.